The van der Waals surface area contributed by atoms with Gasteiger partial charge in [0.25, 0.3) is 12.0 Å². The first-order valence-electron chi connectivity index (χ1n) is 10.9. The Labute approximate surface area is 199 Å². The topological polar surface area (TPSA) is 89.2 Å². The molecule has 0 bridgehead atoms. The van der Waals surface area contributed by atoms with Gasteiger partial charge in [-0.1, -0.05) is 18.2 Å². The molecule has 7 nitrogen and oxygen atoms in total. The molecule has 1 N–H and O–H groups in total. The first-order valence-corrected chi connectivity index (χ1v) is 13.2. The second-order valence-corrected chi connectivity index (χ2v) is 11.6. The number of nitrogens with one attached hydrogen (secondary N) is 1. The minimum absolute atomic E-state index is 0.00185. The molecule has 1 aromatic carbocycles. The standard InChI is InChI=1S/C23H25F4N5O2S/c1-12(14-6-5-7-15(17(14)25)20(26)27)28-21-16-10-32(23(11-24)8-9-23)22(33)19(31-35(3,4)34)18(16)29-13(2)30-21/h5-7,10,12,20H,8-9,11H2,1-4H3,(H,28,29,30)/t12-/m1/s1. The highest BCUT2D eigenvalue weighted by molar-refractivity contribution is 7.92. The number of alkyl halides is 3. The van der Waals surface area contributed by atoms with E-state index in [1.165, 1.54) is 35.4 Å². The number of hydrogen-bond acceptors (Lipinski definition) is 6. The number of fused-ring (bicyclic) bond motifs is 1. The van der Waals surface area contributed by atoms with Crippen molar-refractivity contribution in [2.24, 2.45) is 4.36 Å². The third-order valence-electron chi connectivity index (χ3n) is 5.97. The highest BCUT2D eigenvalue weighted by Gasteiger charge is 2.46. The zero-order chi connectivity index (χ0) is 25.7. The van der Waals surface area contributed by atoms with E-state index in [9.17, 15) is 26.6 Å². The average Bonchev–Trinajstić information content (AvgIpc) is 3.56. The molecule has 1 aliphatic carbocycles. The van der Waals surface area contributed by atoms with Crippen LogP contribution in [-0.4, -0.2) is 37.9 Å². The van der Waals surface area contributed by atoms with E-state index in [4.69, 9.17) is 0 Å². The fraction of sp³-hybridized carbons (Fsp3) is 0.435. The fourth-order valence-corrected chi connectivity index (χ4v) is 4.59. The Balaban J connectivity index is 1.94. The fourth-order valence-electron chi connectivity index (χ4n) is 3.99. The Kier molecular flexibility index (Phi) is 6.37. The normalized spacial score (nSPS) is 15.9. The van der Waals surface area contributed by atoms with E-state index in [0.717, 1.165) is 6.07 Å². The maximum Gasteiger partial charge on any atom is 0.280 e. The van der Waals surface area contributed by atoms with Gasteiger partial charge in [-0.05, 0) is 26.7 Å². The Morgan fingerprint density at radius 2 is 1.89 bits per heavy atom. The number of rotatable bonds is 7. The molecule has 12 heteroatoms. The lowest BCUT2D eigenvalue weighted by Gasteiger charge is -2.21. The van der Waals surface area contributed by atoms with Crippen LogP contribution in [-0.2, 0) is 15.3 Å². The van der Waals surface area contributed by atoms with E-state index in [0.29, 0.717) is 12.8 Å². The van der Waals surface area contributed by atoms with Gasteiger partial charge in [-0.2, -0.15) is 4.36 Å². The summed E-state index contributed by atoms with van der Waals surface area (Å²) in [6.07, 6.45) is 2.07. The number of anilines is 1. The molecule has 1 fully saturated rings. The smallest absolute Gasteiger partial charge is 0.280 e. The van der Waals surface area contributed by atoms with Crippen molar-refractivity contribution in [3.8, 4) is 0 Å². The van der Waals surface area contributed by atoms with Crippen molar-refractivity contribution in [3.63, 3.8) is 0 Å². The molecule has 0 radical (unpaired) electrons. The van der Waals surface area contributed by atoms with Crippen LogP contribution in [0.25, 0.3) is 10.9 Å². The van der Waals surface area contributed by atoms with Gasteiger partial charge in [-0.3, -0.25) is 4.79 Å². The van der Waals surface area contributed by atoms with E-state index < -0.39 is 51.3 Å². The number of pyridine rings is 1. The molecule has 1 aliphatic rings. The molecule has 3 aromatic rings. The first-order chi connectivity index (χ1) is 16.4. The third-order valence-corrected chi connectivity index (χ3v) is 6.59. The number of hydrogen-bond donors (Lipinski definition) is 1. The van der Waals surface area contributed by atoms with Crippen molar-refractivity contribution >= 4 is 32.1 Å². The molecule has 2 heterocycles. The number of benzene rings is 1. The minimum Gasteiger partial charge on any atom is -0.363 e. The molecule has 0 spiro atoms. The van der Waals surface area contributed by atoms with Crippen LogP contribution < -0.4 is 10.9 Å². The van der Waals surface area contributed by atoms with Crippen molar-refractivity contribution in [1.82, 2.24) is 14.5 Å². The molecule has 35 heavy (non-hydrogen) atoms. The summed E-state index contributed by atoms with van der Waals surface area (Å²) < 4.78 is 72.9. The van der Waals surface area contributed by atoms with Gasteiger partial charge < -0.3 is 9.88 Å². The average molecular weight is 512 g/mol. The second kappa shape index (κ2) is 8.89. The van der Waals surface area contributed by atoms with Crippen molar-refractivity contribution in [2.75, 3.05) is 24.5 Å². The van der Waals surface area contributed by atoms with Gasteiger partial charge in [0.15, 0.2) is 5.69 Å². The number of halogens is 4. The van der Waals surface area contributed by atoms with Crippen LogP contribution >= 0.6 is 0 Å². The zero-order valence-corrected chi connectivity index (χ0v) is 20.4. The second-order valence-electron chi connectivity index (χ2n) is 9.08. The lowest BCUT2D eigenvalue weighted by molar-refractivity contribution is 0.146. The largest absolute Gasteiger partial charge is 0.363 e. The van der Waals surface area contributed by atoms with E-state index in [2.05, 4.69) is 19.6 Å². The van der Waals surface area contributed by atoms with Gasteiger partial charge in [0.2, 0.25) is 0 Å². The zero-order valence-electron chi connectivity index (χ0n) is 19.6. The minimum atomic E-state index is -2.98. The summed E-state index contributed by atoms with van der Waals surface area (Å²) >= 11 is 0. The molecule has 1 saturated carbocycles. The maximum atomic E-state index is 14.8. The molecule has 0 amide bonds. The van der Waals surface area contributed by atoms with Crippen LogP contribution in [0.5, 0.6) is 0 Å². The molecular weight excluding hydrogens is 486 g/mol. The number of aryl methyl sites for hydroxylation is 1. The molecule has 0 aliphatic heterocycles. The molecule has 1 atom stereocenters. The highest BCUT2D eigenvalue weighted by atomic mass is 32.2. The van der Waals surface area contributed by atoms with E-state index in [-0.39, 0.29) is 33.8 Å². The van der Waals surface area contributed by atoms with Crippen molar-refractivity contribution in [2.45, 2.75) is 44.7 Å². The predicted octanol–water partition coefficient (Wildman–Crippen LogP) is 5.17. The van der Waals surface area contributed by atoms with Crippen LogP contribution in [0.2, 0.25) is 0 Å². The summed E-state index contributed by atoms with van der Waals surface area (Å²) in [5, 5.41) is 3.30. The Hall–Kier alpha value is -3.02. The summed E-state index contributed by atoms with van der Waals surface area (Å²) in [4.78, 5) is 22.0. The molecule has 4 rings (SSSR count). The predicted molar refractivity (Wildman–Crippen MR) is 127 cm³/mol. The van der Waals surface area contributed by atoms with E-state index >= 15 is 0 Å². The summed E-state index contributed by atoms with van der Waals surface area (Å²) in [7, 11) is -2.78. The van der Waals surface area contributed by atoms with Crippen LogP contribution in [0.15, 0.2) is 33.6 Å². The monoisotopic (exact) mass is 511 g/mol. The van der Waals surface area contributed by atoms with Gasteiger partial charge in [0.1, 0.15) is 29.7 Å². The van der Waals surface area contributed by atoms with Crippen molar-refractivity contribution in [1.29, 1.82) is 0 Å². The summed E-state index contributed by atoms with van der Waals surface area (Å²) in [5.74, 6) is -0.607. The Morgan fingerprint density at radius 1 is 1.23 bits per heavy atom. The number of nitrogens with zero attached hydrogens (tertiary/aromatic N) is 4. The van der Waals surface area contributed by atoms with Gasteiger partial charge >= 0.3 is 0 Å². The van der Waals surface area contributed by atoms with Crippen molar-refractivity contribution < 1.29 is 21.8 Å². The summed E-state index contributed by atoms with van der Waals surface area (Å²) in [5.41, 5.74) is -2.42. The molecule has 2 aromatic heterocycles. The van der Waals surface area contributed by atoms with Gasteiger partial charge in [0.05, 0.1) is 22.5 Å². The lowest BCUT2D eigenvalue weighted by Crippen LogP contribution is -2.32. The molecule has 188 valence electrons. The summed E-state index contributed by atoms with van der Waals surface area (Å²) in [6, 6.07) is 2.95. The SMILES string of the molecule is Cc1nc(N[C@H](C)c2cccc(C(F)F)c2F)c2cn(C3(CF)CC3)c(=O)c(N=S(C)(C)=O)c2n1. The Bertz CT molecular complexity index is 1490. The molecular formula is C23H25F4N5O2S. The van der Waals surface area contributed by atoms with Gasteiger partial charge in [0, 0.05) is 34.0 Å². The van der Waals surface area contributed by atoms with Crippen LogP contribution in [0.3, 0.4) is 0 Å². The van der Waals surface area contributed by atoms with E-state index in [1.807, 2.05) is 0 Å². The third kappa shape index (κ3) is 4.75. The van der Waals surface area contributed by atoms with Crippen LogP contribution in [0.4, 0.5) is 29.1 Å². The Morgan fingerprint density at radius 3 is 2.46 bits per heavy atom. The van der Waals surface area contributed by atoms with Crippen LogP contribution in [0, 0.1) is 12.7 Å². The van der Waals surface area contributed by atoms with Crippen molar-refractivity contribution in [3.05, 3.63) is 57.5 Å². The van der Waals surface area contributed by atoms with Crippen LogP contribution in [0.1, 0.15) is 49.2 Å². The molecule has 0 saturated heterocycles. The number of aromatic nitrogens is 3. The maximum absolute atomic E-state index is 14.8. The first kappa shape index (κ1) is 25.1. The summed E-state index contributed by atoms with van der Waals surface area (Å²) in [6.45, 7) is 2.37. The lowest BCUT2D eigenvalue weighted by atomic mass is 10.0. The molecule has 0 unspecified atom stereocenters. The van der Waals surface area contributed by atoms with Gasteiger partial charge in [-0.25, -0.2) is 31.7 Å². The van der Waals surface area contributed by atoms with E-state index in [1.54, 1.807) is 13.8 Å². The highest BCUT2D eigenvalue weighted by Crippen LogP contribution is 2.44. The van der Waals surface area contributed by atoms with Gasteiger partial charge in [-0.15, -0.1) is 0 Å². The quantitative estimate of drug-likeness (QED) is 0.442.